The van der Waals surface area contributed by atoms with Gasteiger partial charge in [-0.1, -0.05) is 25.7 Å². The van der Waals surface area contributed by atoms with Crippen LogP contribution in [0.15, 0.2) is 16.6 Å². The third-order valence-corrected chi connectivity index (χ3v) is 6.02. The highest BCUT2D eigenvalue weighted by atomic mass is 79.9. The van der Waals surface area contributed by atoms with Crippen molar-refractivity contribution in [3.63, 3.8) is 0 Å². The van der Waals surface area contributed by atoms with Crippen molar-refractivity contribution in [1.82, 2.24) is 4.98 Å². The van der Waals surface area contributed by atoms with Crippen LogP contribution in [-0.2, 0) is 4.79 Å². The Kier molecular flexibility index (Phi) is 4.63. The molecule has 21 heavy (non-hydrogen) atoms. The van der Waals surface area contributed by atoms with Crippen LogP contribution in [0.1, 0.15) is 50.6 Å². The lowest BCUT2D eigenvalue weighted by Crippen LogP contribution is -2.34. The zero-order valence-electron chi connectivity index (χ0n) is 12.6. The summed E-state index contributed by atoms with van der Waals surface area (Å²) in [5, 5.41) is 3.00. The smallest absolute Gasteiger partial charge is 0.228 e. The van der Waals surface area contributed by atoms with E-state index in [1.165, 1.54) is 32.1 Å². The normalized spacial score (nSPS) is 28.8. The lowest BCUT2D eigenvalue weighted by atomic mass is 9.67. The second-order valence-electron chi connectivity index (χ2n) is 6.57. The number of hydrogen-bond donors (Lipinski definition) is 1. The van der Waals surface area contributed by atoms with Gasteiger partial charge in [-0.2, -0.15) is 0 Å². The molecule has 4 heteroatoms. The molecule has 0 aromatic carbocycles. The molecule has 0 aliphatic heterocycles. The molecule has 1 aromatic rings. The number of nitrogens with one attached hydrogen (secondary N) is 1. The first-order valence-corrected chi connectivity index (χ1v) is 8.87. The van der Waals surface area contributed by atoms with Gasteiger partial charge in [-0.25, -0.2) is 4.98 Å². The van der Waals surface area contributed by atoms with Crippen LogP contribution >= 0.6 is 15.9 Å². The first-order chi connectivity index (χ1) is 10.1. The highest BCUT2D eigenvalue weighted by molar-refractivity contribution is 9.10. The zero-order chi connectivity index (χ0) is 14.8. The van der Waals surface area contributed by atoms with Crippen molar-refractivity contribution in [2.75, 3.05) is 5.32 Å². The summed E-state index contributed by atoms with van der Waals surface area (Å²) in [6.07, 6.45) is 8.80. The summed E-state index contributed by atoms with van der Waals surface area (Å²) in [6, 6.07) is 3.80. The van der Waals surface area contributed by atoms with Crippen LogP contribution in [0.5, 0.6) is 0 Å². The fraction of sp³-hybridized carbons (Fsp3) is 0.647. The van der Waals surface area contributed by atoms with Gasteiger partial charge in [-0.05, 0) is 66.1 Å². The van der Waals surface area contributed by atoms with Crippen molar-refractivity contribution < 1.29 is 4.79 Å². The number of amides is 1. The van der Waals surface area contributed by atoms with Gasteiger partial charge < -0.3 is 5.32 Å². The van der Waals surface area contributed by atoms with Gasteiger partial charge in [0.05, 0.1) is 5.69 Å². The topological polar surface area (TPSA) is 42.0 Å². The number of aryl methyl sites for hydroxylation is 1. The SMILES string of the molecule is Cc1nc(NC(=O)C2CCC3CCCCC3C2)ccc1Br. The molecular weight excluding hydrogens is 328 g/mol. The number of hydrogen-bond acceptors (Lipinski definition) is 2. The van der Waals surface area contributed by atoms with E-state index < -0.39 is 0 Å². The molecule has 2 saturated carbocycles. The van der Waals surface area contributed by atoms with Gasteiger partial charge in [0.1, 0.15) is 5.82 Å². The van der Waals surface area contributed by atoms with Crippen molar-refractivity contribution in [3.05, 3.63) is 22.3 Å². The summed E-state index contributed by atoms with van der Waals surface area (Å²) < 4.78 is 0.975. The van der Waals surface area contributed by atoms with Gasteiger partial charge in [0, 0.05) is 10.4 Å². The monoisotopic (exact) mass is 350 g/mol. The average molecular weight is 351 g/mol. The molecule has 3 nitrogen and oxygen atoms in total. The molecule has 0 radical (unpaired) electrons. The molecule has 2 aliphatic carbocycles. The molecule has 1 heterocycles. The minimum atomic E-state index is 0.160. The van der Waals surface area contributed by atoms with E-state index in [1.807, 2.05) is 19.1 Å². The van der Waals surface area contributed by atoms with Gasteiger partial charge in [0.25, 0.3) is 0 Å². The van der Waals surface area contributed by atoms with Crippen LogP contribution in [0.4, 0.5) is 5.82 Å². The summed E-state index contributed by atoms with van der Waals surface area (Å²) in [5.74, 6) is 2.67. The Bertz CT molecular complexity index is 532. The number of carbonyl (C=O) groups is 1. The Balaban J connectivity index is 1.61. The largest absolute Gasteiger partial charge is 0.310 e. The molecule has 3 atom stereocenters. The van der Waals surface area contributed by atoms with Crippen LogP contribution in [0.25, 0.3) is 0 Å². The highest BCUT2D eigenvalue weighted by Crippen LogP contribution is 2.42. The van der Waals surface area contributed by atoms with E-state index in [-0.39, 0.29) is 11.8 Å². The minimum Gasteiger partial charge on any atom is -0.310 e. The predicted molar refractivity (Wildman–Crippen MR) is 88.1 cm³/mol. The molecule has 1 amide bonds. The number of aromatic nitrogens is 1. The average Bonchev–Trinajstić information content (AvgIpc) is 2.50. The Labute approximate surface area is 135 Å². The minimum absolute atomic E-state index is 0.160. The van der Waals surface area contributed by atoms with Crippen LogP contribution in [-0.4, -0.2) is 10.9 Å². The molecule has 2 fully saturated rings. The second kappa shape index (κ2) is 6.47. The molecule has 1 N–H and O–H groups in total. The quantitative estimate of drug-likeness (QED) is 0.839. The number of pyridine rings is 1. The van der Waals surface area contributed by atoms with Crippen LogP contribution in [0, 0.1) is 24.7 Å². The molecule has 0 saturated heterocycles. The second-order valence-corrected chi connectivity index (χ2v) is 7.42. The summed E-state index contributed by atoms with van der Waals surface area (Å²) in [5.41, 5.74) is 0.906. The molecule has 114 valence electrons. The maximum atomic E-state index is 12.5. The number of anilines is 1. The van der Waals surface area contributed by atoms with Crippen molar-refractivity contribution in [1.29, 1.82) is 0 Å². The number of fused-ring (bicyclic) bond motifs is 1. The zero-order valence-corrected chi connectivity index (χ0v) is 14.2. The van der Waals surface area contributed by atoms with Crippen LogP contribution < -0.4 is 5.32 Å². The molecular formula is C17H23BrN2O. The lowest BCUT2D eigenvalue weighted by molar-refractivity contribution is -0.122. The standard InChI is InChI=1S/C17H23BrN2O/c1-11-15(18)8-9-16(19-11)20-17(21)14-7-6-12-4-2-3-5-13(12)10-14/h8-9,12-14H,2-7,10H2,1H3,(H,19,20,21). The fourth-order valence-electron chi connectivity index (χ4n) is 3.95. The summed E-state index contributed by atoms with van der Waals surface area (Å²) in [4.78, 5) is 16.9. The third kappa shape index (κ3) is 3.47. The molecule has 3 rings (SSSR count). The number of carbonyl (C=O) groups excluding carboxylic acids is 1. The molecule has 3 unspecified atom stereocenters. The maximum Gasteiger partial charge on any atom is 0.228 e. The Hall–Kier alpha value is -0.900. The Morgan fingerprint density at radius 2 is 1.95 bits per heavy atom. The van der Waals surface area contributed by atoms with E-state index in [0.717, 1.165) is 34.8 Å². The van der Waals surface area contributed by atoms with Gasteiger partial charge in [0.2, 0.25) is 5.91 Å². The lowest BCUT2D eigenvalue weighted by Gasteiger charge is -2.38. The third-order valence-electron chi connectivity index (χ3n) is 5.18. The van der Waals surface area contributed by atoms with E-state index in [4.69, 9.17) is 0 Å². The van der Waals surface area contributed by atoms with Gasteiger partial charge >= 0.3 is 0 Å². The number of rotatable bonds is 2. The Morgan fingerprint density at radius 3 is 2.71 bits per heavy atom. The van der Waals surface area contributed by atoms with Crippen molar-refractivity contribution >= 4 is 27.7 Å². The summed E-state index contributed by atoms with van der Waals surface area (Å²) in [7, 11) is 0. The number of nitrogens with zero attached hydrogens (tertiary/aromatic N) is 1. The van der Waals surface area contributed by atoms with Crippen molar-refractivity contribution in [3.8, 4) is 0 Å². The van der Waals surface area contributed by atoms with E-state index in [2.05, 4.69) is 26.2 Å². The van der Waals surface area contributed by atoms with Gasteiger partial charge in [-0.3, -0.25) is 4.79 Å². The molecule has 0 spiro atoms. The first kappa shape index (κ1) is 15.0. The highest BCUT2D eigenvalue weighted by Gasteiger charge is 2.35. The van der Waals surface area contributed by atoms with Crippen LogP contribution in [0.2, 0.25) is 0 Å². The fourth-order valence-corrected chi connectivity index (χ4v) is 4.17. The van der Waals surface area contributed by atoms with Crippen LogP contribution in [0.3, 0.4) is 0 Å². The van der Waals surface area contributed by atoms with E-state index in [9.17, 15) is 4.79 Å². The van der Waals surface area contributed by atoms with E-state index >= 15 is 0 Å². The summed E-state index contributed by atoms with van der Waals surface area (Å²) >= 11 is 3.44. The Morgan fingerprint density at radius 1 is 1.19 bits per heavy atom. The number of halogens is 1. The van der Waals surface area contributed by atoms with E-state index in [1.54, 1.807) is 0 Å². The molecule has 1 aromatic heterocycles. The molecule has 2 aliphatic rings. The maximum absolute atomic E-state index is 12.5. The van der Waals surface area contributed by atoms with Crippen molar-refractivity contribution in [2.45, 2.75) is 51.9 Å². The van der Waals surface area contributed by atoms with Gasteiger partial charge in [0.15, 0.2) is 0 Å². The van der Waals surface area contributed by atoms with Crippen molar-refractivity contribution in [2.24, 2.45) is 17.8 Å². The summed E-state index contributed by atoms with van der Waals surface area (Å²) in [6.45, 7) is 1.94. The van der Waals surface area contributed by atoms with Gasteiger partial charge in [-0.15, -0.1) is 0 Å². The predicted octanol–water partition coefficient (Wildman–Crippen LogP) is 4.70. The first-order valence-electron chi connectivity index (χ1n) is 8.07. The van der Waals surface area contributed by atoms with E-state index in [0.29, 0.717) is 5.82 Å². The molecule has 0 bridgehead atoms.